The largest absolute Gasteiger partial charge is 0.489 e. The van der Waals surface area contributed by atoms with Crippen LogP contribution in [0.5, 0.6) is 5.75 Å². The Morgan fingerprint density at radius 1 is 0.846 bits per heavy atom. The van der Waals surface area contributed by atoms with Crippen LogP contribution in [0.4, 0.5) is 0 Å². The van der Waals surface area contributed by atoms with E-state index in [2.05, 4.69) is 41.4 Å². The number of ether oxygens (including phenoxy) is 1. The molecule has 2 fully saturated rings. The third-order valence-corrected chi connectivity index (χ3v) is 8.09. The van der Waals surface area contributed by atoms with Gasteiger partial charge >= 0.3 is 0 Å². The summed E-state index contributed by atoms with van der Waals surface area (Å²) in [6.45, 7) is 5.69. The summed E-state index contributed by atoms with van der Waals surface area (Å²) in [5, 5.41) is 3.11. The third-order valence-electron chi connectivity index (χ3n) is 8.09. The normalized spacial score (nSPS) is 19.2. The lowest BCUT2D eigenvalue weighted by molar-refractivity contribution is -0.161. The van der Waals surface area contributed by atoms with E-state index >= 15 is 0 Å². The summed E-state index contributed by atoms with van der Waals surface area (Å²) in [5.74, 6) is 0.930. The van der Waals surface area contributed by atoms with E-state index in [1.807, 2.05) is 65.6 Å². The van der Waals surface area contributed by atoms with Crippen molar-refractivity contribution in [2.75, 3.05) is 19.6 Å². The highest BCUT2D eigenvalue weighted by Gasteiger charge is 2.53. The first-order chi connectivity index (χ1) is 19.1. The number of likely N-dealkylation sites (tertiary alicyclic amines) is 1. The number of nitrogens with zero attached hydrogens (tertiary/aromatic N) is 2. The molecule has 6 nitrogen and oxygen atoms in total. The summed E-state index contributed by atoms with van der Waals surface area (Å²) in [5.41, 5.74) is 2.68. The zero-order valence-corrected chi connectivity index (χ0v) is 22.9. The predicted molar refractivity (Wildman–Crippen MR) is 153 cm³/mol. The average Bonchev–Trinajstić information content (AvgIpc) is 2.98. The molecule has 39 heavy (non-hydrogen) atoms. The van der Waals surface area contributed by atoms with Crippen molar-refractivity contribution in [3.05, 3.63) is 102 Å². The number of carbonyl (C=O) groups excluding carboxylic acids is 2. The van der Waals surface area contributed by atoms with E-state index in [9.17, 15) is 9.59 Å². The minimum Gasteiger partial charge on any atom is -0.489 e. The van der Waals surface area contributed by atoms with Gasteiger partial charge in [0.25, 0.3) is 0 Å². The van der Waals surface area contributed by atoms with E-state index in [0.29, 0.717) is 32.4 Å². The highest BCUT2D eigenvalue weighted by Crippen LogP contribution is 2.34. The van der Waals surface area contributed by atoms with Gasteiger partial charge in [-0.1, -0.05) is 86.1 Å². The number of piperidine rings is 1. The minimum absolute atomic E-state index is 0.0127. The van der Waals surface area contributed by atoms with Crippen molar-refractivity contribution in [3.63, 3.8) is 0 Å². The lowest BCUT2D eigenvalue weighted by Crippen LogP contribution is -2.73. The fourth-order valence-corrected chi connectivity index (χ4v) is 5.77. The van der Waals surface area contributed by atoms with Crippen molar-refractivity contribution in [3.8, 4) is 5.75 Å². The fraction of sp³-hybridized carbons (Fsp3) is 0.394. The summed E-state index contributed by atoms with van der Waals surface area (Å²) in [6, 6.07) is 27.9. The Hall–Kier alpha value is -3.64. The second-order valence-electron chi connectivity index (χ2n) is 10.8. The van der Waals surface area contributed by atoms with Crippen LogP contribution in [-0.4, -0.2) is 52.8 Å². The van der Waals surface area contributed by atoms with Crippen molar-refractivity contribution >= 4 is 11.8 Å². The second-order valence-corrected chi connectivity index (χ2v) is 10.8. The van der Waals surface area contributed by atoms with Crippen LogP contribution < -0.4 is 10.1 Å². The summed E-state index contributed by atoms with van der Waals surface area (Å²) < 4.78 is 5.93. The van der Waals surface area contributed by atoms with Crippen LogP contribution in [-0.2, 0) is 29.2 Å². The van der Waals surface area contributed by atoms with Gasteiger partial charge in [-0.25, -0.2) is 0 Å². The van der Waals surface area contributed by atoms with Crippen molar-refractivity contribution in [1.82, 2.24) is 15.1 Å². The first-order valence-electron chi connectivity index (χ1n) is 14.2. The van der Waals surface area contributed by atoms with Gasteiger partial charge in [-0.05, 0) is 48.1 Å². The maximum absolute atomic E-state index is 13.7. The van der Waals surface area contributed by atoms with Crippen LogP contribution in [0.3, 0.4) is 0 Å². The molecule has 1 spiro atoms. The highest BCUT2D eigenvalue weighted by atomic mass is 16.5. The third kappa shape index (κ3) is 6.34. The zero-order chi connectivity index (χ0) is 27.1. The van der Waals surface area contributed by atoms with Gasteiger partial charge < -0.3 is 15.0 Å². The van der Waals surface area contributed by atoms with Gasteiger partial charge in [0.2, 0.25) is 11.8 Å². The Morgan fingerprint density at radius 3 is 2.13 bits per heavy atom. The molecule has 0 aromatic heterocycles. The van der Waals surface area contributed by atoms with Gasteiger partial charge in [0.05, 0.1) is 0 Å². The topological polar surface area (TPSA) is 61.9 Å². The van der Waals surface area contributed by atoms with Crippen LogP contribution >= 0.6 is 0 Å². The standard InChI is InChI=1S/C33H39N3O3/c1-2-3-20-36-31(37)30(23-26-10-6-4-7-11-26)34-32(38)33(36)18-21-35(22-19-33)24-27-14-16-29(17-15-27)39-25-28-12-8-5-9-13-28/h4-17,30H,2-3,18-25H2,1H3,(H,34,38). The van der Waals surface area contributed by atoms with Crippen molar-refractivity contribution in [2.45, 2.75) is 63.8 Å². The molecule has 6 heteroatoms. The number of hydrogen-bond donors (Lipinski definition) is 1. The molecule has 0 bridgehead atoms. The molecule has 204 valence electrons. The number of piperazine rings is 1. The van der Waals surface area contributed by atoms with Crippen LogP contribution in [0.15, 0.2) is 84.9 Å². The molecule has 2 saturated heterocycles. The number of nitrogens with one attached hydrogen (secondary N) is 1. The lowest BCUT2D eigenvalue weighted by Gasteiger charge is -2.51. The number of carbonyl (C=O) groups is 2. The monoisotopic (exact) mass is 525 g/mol. The molecule has 0 saturated carbocycles. The van der Waals surface area contributed by atoms with Crippen molar-refractivity contribution in [2.24, 2.45) is 0 Å². The molecule has 5 rings (SSSR count). The first-order valence-corrected chi connectivity index (χ1v) is 14.2. The van der Waals surface area contributed by atoms with Crippen LogP contribution in [0.1, 0.15) is 49.3 Å². The number of amides is 2. The summed E-state index contributed by atoms with van der Waals surface area (Å²) in [7, 11) is 0. The number of hydrogen-bond acceptors (Lipinski definition) is 4. The minimum atomic E-state index is -0.745. The molecule has 2 amide bonds. The van der Waals surface area contributed by atoms with Crippen LogP contribution in [0, 0.1) is 0 Å². The summed E-state index contributed by atoms with van der Waals surface area (Å²) in [4.78, 5) is 31.6. The Labute approximate surface area is 232 Å². The van der Waals surface area contributed by atoms with E-state index in [1.54, 1.807) is 0 Å². The average molecular weight is 526 g/mol. The molecule has 3 aromatic carbocycles. The van der Waals surface area contributed by atoms with Gasteiger partial charge in [-0.3, -0.25) is 14.5 Å². The molecule has 2 aliphatic heterocycles. The molecule has 2 heterocycles. The molecular weight excluding hydrogens is 486 g/mol. The molecule has 1 atom stereocenters. The van der Waals surface area contributed by atoms with Gasteiger partial charge in [0, 0.05) is 32.6 Å². The van der Waals surface area contributed by atoms with Crippen molar-refractivity contribution < 1.29 is 14.3 Å². The SMILES string of the molecule is CCCCN1C(=O)C(Cc2ccccc2)NC(=O)C12CCN(Cc1ccc(OCc3ccccc3)cc1)CC2. The van der Waals surface area contributed by atoms with Crippen molar-refractivity contribution in [1.29, 1.82) is 0 Å². The predicted octanol–water partition coefficient (Wildman–Crippen LogP) is 4.97. The molecule has 1 N–H and O–H groups in total. The molecule has 0 radical (unpaired) electrons. The second kappa shape index (κ2) is 12.5. The smallest absolute Gasteiger partial charge is 0.246 e. The molecule has 1 unspecified atom stereocenters. The lowest BCUT2D eigenvalue weighted by atomic mass is 9.81. The number of unbranched alkanes of at least 4 members (excludes halogenated alkanes) is 1. The van der Waals surface area contributed by atoms with E-state index in [0.717, 1.165) is 49.4 Å². The molecule has 3 aromatic rings. The highest BCUT2D eigenvalue weighted by molar-refractivity contribution is 6.00. The Bertz CT molecular complexity index is 1220. The van der Waals surface area contributed by atoms with Crippen LogP contribution in [0.25, 0.3) is 0 Å². The zero-order valence-electron chi connectivity index (χ0n) is 22.9. The van der Waals surface area contributed by atoms with Gasteiger partial charge in [-0.2, -0.15) is 0 Å². The van der Waals surface area contributed by atoms with Crippen LogP contribution in [0.2, 0.25) is 0 Å². The maximum atomic E-state index is 13.7. The first kappa shape index (κ1) is 26.9. The Balaban J connectivity index is 1.19. The van der Waals surface area contributed by atoms with Gasteiger partial charge in [-0.15, -0.1) is 0 Å². The number of benzene rings is 3. The quantitative estimate of drug-likeness (QED) is 0.406. The van der Waals surface area contributed by atoms with Gasteiger partial charge in [0.15, 0.2) is 0 Å². The molecular formula is C33H39N3O3. The van der Waals surface area contributed by atoms with E-state index in [1.165, 1.54) is 5.56 Å². The number of rotatable bonds is 10. The molecule has 2 aliphatic rings. The van der Waals surface area contributed by atoms with E-state index in [-0.39, 0.29) is 11.8 Å². The summed E-state index contributed by atoms with van der Waals surface area (Å²) in [6.07, 6.45) is 3.74. The summed E-state index contributed by atoms with van der Waals surface area (Å²) >= 11 is 0. The maximum Gasteiger partial charge on any atom is 0.246 e. The Morgan fingerprint density at radius 2 is 1.49 bits per heavy atom. The fourth-order valence-electron chi connectivity index (χ4n) is 5.77. The Kier molecular flexibility index (Phi) is 8.62. The van der Waals surface area contributed by atoms with E-state index in [4.69, 9.17) is 4.74 Å². The van der Waals surface area contributed by atoms with Gasteiger partial charge in [0.1, 0.15) is 23.9 Å². The van der Waals surface area contributed by atoms with E-state index < -0.39 is 11.6 Å². The molecule has 0 aliphatic carbocycles.